The quantitative estimate of drug-likeness (QED) is 0.392. The lowest BCUT2D eigenvalue weighted by molar-refractivity contribution is -0.113. The predicted octanol–water partition coefficient (Wildman–Crippen LogP) is 5.15. The van der Waals surface area contributed by atoms with Crippen LogP contribution in [0.5, 0.6) is 0 Å². The van der Waals surface area contributed by atoms with E-state index in [1.165, 1.54) is 11.1 Å². The summed E-state index contributed by atoms with van der Waals surface area (Å²) < 4.78 is 0. The summed E-state index contributed by atoms with van der Waals surface area (Å²) in [6, 6.07) is 16.2. The van der Waals surface area contributed by atoms with Crippen LogP contribution < -0.4 is 0 Å². The normalized spacial score (nSPS) is 14.8. The number of nitrogens with zero attached hydrogens (tertiary/aromatic N) is 2. The number of aryl methyl sites for hydroxylation is 1. The lowest BCUT2D eigenvalue weighted by atomic mass is 10.1. The fourth-order valence-electron chi connectivity index (χ4n) is 4.13. The van der Waals surface area contributed by atoms with E-state index in [0.717, 1.165) is 27.3 Å². The number of thioether (sulfide) groups is 1. The summed E-state index contributed by atoms with van der Waals surface area (Å²) in [4.78, 5) is 33.6. The maximum Gasteiger partial charge on any atom is 0.256 e. The fourth-order valence-corrected chi connectivity index (χ4v) is 5.20. The van der Waals surface area contributed by atoms with Gasteiger partial charge in [-0.05, 0) is 31.6 Å². The molecule has 33 heavy (non-hydrogen) atoms. The lowest BCUT2D eigenvalue weighted by Crippen LogP contribution is -2.48. The molecule has 5 nitrogen and oxygen atoms in total. The summed E-state index contributed by atoms with van der Waals surface area (Å²) in [5.41, 5.74) is 4.93. The first-order valence-corrected chi connectivity index (χ1v) is 12.1. The Hall–Kier alpha value is -3.25. The van der Waals surface area contributed by atoms with Crippen LogP contribution in [0.15, 0.2) is 78.0 Å². The maximum atomic E-state index is 13.1. The lowest BCUT2D eigenvalue weighted by Gasteiger charge is -2.37. The molecule has 2 aromatic carbocycles. The Morgan fingerprint density at radius 1 is 1.03 bits per heavy atom. The molecule has 1 aliphatic rings. The number of Topliss-reactive ketones (excluding diaryl/α,β-unsaturated/α-hetero) is 1. The molecule has 0 spiro atoms. The Bertz CT molecular complexity index is 1200. The average Bonchev–Trinajstić information content (AvgIpc) is 3.26. The number of piperazine rings is 1. The third-order valence-corrected chi connectivity index (χ3v) is 7.24. The van der Waals surface area contributed by atoms with E-state index in [1.807, 2.05) is 29.2 Å². The van der Waals surface area contributed by atoms with Crippen LogP contribution in [-0.2, 0) is 10.5 Å². The van der Waals surface area contributed by atoms with Gasteiger partial charge in [-0.15, -0.1) is 11.8 Å². The van der Waals surface area contributed by atoms with Crippen molar-refractivity contribution in [2.24, 2.45) is 0 Å². The Kier molecular flexibility index (Phi) is 7.04. The van der Waals surface area contributed by atoms with E-state index >= 15 is 0 Å². The van der Waals surface area contributed by atoms with E-state index in [4.69, 9.17) is 0 Å². The van der Waals surface area contributed by atoms with Crippen molar-refractivity contribution in [2.45, 2.75) is 19.6 Å². The highest BCUT2D eigenvalue weighted by Gasteiger charge is 2.26. The number of benzene rings is 2. The van der Waals surface area contributed by atoms with Gasteiger partial charge in [0.2, 0.25) is 0 Å². The van der Waals surface area contributed by atoms with E-state index in [-0.39, 0.29) is 11.7 Å². The molecule has 4 rings (SSSR count). The molecule has 1 N–H and O–H groups in total. The molecule has 0 bridgehead atoms. The van der Waals surface area contributed by atoms with Gasteiger partial charge < -0.3 is 14.8 Å². The molecule has 1 saturated heterocycles. The van der Waals surface area contributed by atoms with Gasteiger partial charge in [-0.3, -0.25) is 9.59 Å². The smallest absolute Gasteiger partial charge is 0.256 e. The average molecular weight is 460 g/mol. The van der Waals surface area contributed by atoms with Gasteiger partial charge in [-0.2, -0.15) is 0 Å². The van der Waals surface area contributed by atoms with Crippen LogP contribution >= 0.6 is 11.8 Å². The van der Waals surface area contributed by atoms with Gasteiger partial charge >= 0.3 is 0 Å². The van der Waals surface area contributed by atoms with Gasteiger partial charge in [0.15, 0.2) is 5.78 Å². The van der Waals surface area contributed by atoms with Crippen LogP contribution in [0.2, 0.25) is 0 Å². The van der Waals surface area contributed by atoms with E-state index in [0.29, 0.717) is 31.7 Å². The van der Waals surface area contributed by atoms with Crippen LogP contribution in [0.4, 0.5) is 0 Å². The molecule has 0 radical (unpaired) electrons. The third-order valence-electron chi connectivity index (χ3n) is 5.98. The number of hydrogen-bond acceptors (Lipinski definition) is 4. The van der Waals surface area contributed by atoms with Gasteiger partial charge in [-0.1, -0.05) is 54.6 Å². The zero-order chi connectivity index (χ0) is 23.4. The molecule has 0 unspecified atom stereocenters. The summed E-state index contributed by atoms with van der Waals surface area (Å²) in [6.45, 7) is 10.2. The topological polar surface area (TPSA) is 56.4 Å². The van der Waals surface area contributed by atoms with Gasteiger partial charge in [-0.25, -0.2) is 0 Å². The van der Waals surface area contributed by atoms with Crippen molar-refractivity contribution >= 4 is 34.4 Å². The summed E-state index contributed by atoms with van der Waals surface area (Å²) in [6.07, 6.45) is 3.57. The Morgan fingerprint density at radius 3 is 2.36 bits per heavy atom. The number of ketones is 1. The highest BCUT2D eigenvalue weighted by Crippen LogP contribution is 2.29. The number of carbonyl (C=O) groups is 2. The molecular weight excluding hydrogens is 430 g/mol. The van der Waals surface area contributed by atoms with Crippen molar-refractivity contribution < 1.29 is 9.59 Å². The number of amides is 1. The van der Waals surface area contributed by atoms with E-state index < -0.39 is 0 Å². The molecule has 0 atom stereocenters. The van der Waals surface area contributed by atoms with Crippen molar-refractivity contribution in [2.75, 3.05) is 26.2 Å². The molecular formula is C27H29N3O2S. The number of rotatable bonds is 7. The van der Waals surface area contributed by atoms with Crippen molar-refractivity contribution in [1.29, 1.82) is 0 Å². The second-order valence-electron chi connectivity index (χ2n) is 8.28. The molecule has 3 aromatic rings. The largest absolute Gasteiger partial charge is 0.367 e. The summed E-state index contributed by atoms with van der Waals surface area (Å²) in [5, 5.41) is 0.947. The Morgan fingerprint density at radius 2 is 1.70 bits per heavy atom. The molecule has 0 aliphatic carbocycles. The summed E-state index contributed by atoms with van der Waals surface area (Å²) in [7, 11) is 0. The number of para-hydroxylation sites is 1. The standard InChI is InChI=1S/C27H29N3O2S/c1-4-25(26(20(3)31)33-18-21-11-9-19(2)10-12-21)29-13-15-30(16-14-29)27(32)23-17-28-24-8-6-5-7-22(23)24/h4-12,17,28H,1,13-16,18H2,2-3H3/b26-25-. The number of H-pyrrole nitrogens is 1. The van der Waals surface area contributed by atoms with Gasteiger partial charge in [0, 0.05) is 49.0 Å². The van der Waals surface area contributed by atoms with E-state index in [2.05, 4.69) is 47.7 Å². The molecule has 170 valence electrons. The number of hydrogen-bond donors (Lipinski definition) is 1. The van der Waals surface area contributed by atoms with Crippen molar-refractivity contribution in [3.05, 3.63) is 94.7 Å². The minimum Gasteiger partial charge on any atom is -0.367 e. The van der Waals surface area contributed by atoms with Gasteiger partial charge in [0.05, 0.1) is 16.2 Å². The van der Waals surface area contributed by atoms with Crippen molar-refractivity contribution in [3.63, 3.8) is 0 Å². The van der Waals surface area contributed by atoms with Gasteiger partial charge in [0.25, 0.3) is 5.91 Å². The number of fused-ring (bicyclic) bond motifs is 1. The fraction of sp³-hybridized carbons (Fsp3) is 0.259. The predicted molar refractivity (Wildman–Crippen MR) is 136 cm³/mol. The second-order valence-corrected chi connectivity index (χ2v) is 9.26. The molecule has 2 heterocycles. The van der Waals surface area contributed by atoms with Crippen LogP contribution in [0.25, 0.3) is 10.9 Å². The summed E-state index contributed by atoms with van der Waals surface area (Å²) >= 11 is 1.55. The first-order valence-electron chi connectivity index (χ1n) is 11.1. The molecule has 1 amide bonds. The minimum atomic E-state index is 0.0387. The number of aromatic nitrogens is 1. The van der Waals surface area contributed by atoms with E-state index in [9.17, 15) is 9.59 Å². The zero-order valence-corrected chi connectivity index (χ0v) is 20.0. The number of carbonyl (C=O) groups excluding carboxylic acids is 2. The monoisotopic (exact) mass is 459 g/mol. The molecule has 1 fully saturated rings. The zero-order valence-electron chi connectivity index (χ0n) is 19.1. The van der Waals surface area contributed by atoms with Gasteiger partial charge in [0.1, 0.15) is 0 Å². The Labute approximate surface area is 199 Å². The highest BCUT2D eigenvalue weighted by atomic mass is 32.2. The highest BCUT2D eigenvalue weighted by molar-refractivity contribution is 8.03. The van der Waals surface area contributed by atoms with Crippen LogP contribution in [0.1, 0.15) is 28.4 Å². The van der Waals surface area contributed by atoms with Crippen molar-refractivity contribution in [3.8, 4) is 0 Å². The Balaban J connectivity index is 1.46. The van der Waals surface area contributed by atoms with Crippen LogP contribution in [-0.4, -0.2) is 52.7 Å². The first-order chi connectivity index (χ1) is 16.0. The summed E-state index contributed by atoms with van der Waals surface area (Å²) in [5.74, 6) is 0.807. The minimum absolute atomic E-state index is 0.0387. The van der Waals surface area contributed by atoms with Crippen LogP contribution in [0.3, 0.4) is 0 Å². The molecule has 6 heteroatoms. The first kappa shape index (κ1) is 22.9. The number of allylic oxidation sites excluding steroid dienone is 2. The number of nitrogens with one attached hydrogen (secondary N) is 1. The SMILES string of the molecule is C=C/C(=C(/SCc1ccc(C)cc1)C(C)=O)N1CCN(C(=O)c2c[nH]c3ccccc23)CC1. The van der Waals surface area contributed by atoms with Crippen molar-refractivity contribution in [1.82, 2.24) is 14.8 Å². The second kappa shape index (κ2) is 10.1. The maximum absolute atomic E-state index is 13.1. The van der Waals surface area contributed by atoms with E-state index in [1.54, 1.807) is 31.0 Å². The molecule has 0 saturated carbocycles. The molecule has 1 aliphatic heterocycles. The molecule has 1 aromatic heterocycles. The third kappa shape index (κ3) is 5.06. The number of aromatic amines is 1. The van der Waals surface area contributed by atoms with Crippen LogP contribution in [0, 0.1) is 6.92 Å².